The van der Waals surface area contributed by atoms with Crippen molar-refractivity contribution in [3.63, 3.8) is 0 Å². The number of halogens is 1. The van der Waals surface area contributed by atoms with E-state index in [4.69, 9.17) is 0 Å². The Hall–Kier alpha value is -1.82. The normalized spacial score (nSPS) is 48.3. The monoisotopic (exact) mass is 403 g/mol. The fraction of sp³-hybridized carbons (Fsp3) is 0.696. The highest BCUT2D eigenvalue weighted by Gasteiger charge is 2.65. The van der Waals surface area contributed by atoms with Gasteiger partial charge >= 0.3 is 0 Å². The van der Waals surface area contributed by atoms with Crippen LogP contribution in [0.5, 0.6) is 0 Å². The van der Waals surface area contributed by atoms with E-state index >= 15 is 4.39 Å². The molecule has 5 nitrogen and oxygen atoms in total. The van der Waals surface area contributed by atoms with E-state index in [-0.39, 0.29) is 35.9 Å². The second-order valence-corrected chi connectivity index (χ2v) is 10.0. The Bertz CT molecular complexity index is 835. The van der Waals surface area contributed by atoms with E-state index in [1.807, 2.05) is 20.8 Å². The number of alkyl halides is 1. The zero-order valence-corrected chi connectivity index (χ0v) is 17.4. The van der Waals surface area contributed by atoms with Gasteiger partial charge in [0.15, 0.2) is 5.78 Å². The maximum Gasteiger partial charge on any atom is 0.287 e. The smallest absolute Gasteiger partial charge is 0.287 e. The molecule has 0 bridgehead atoms. The van der Waals surface area contributed by atoms with E-state index in [0.717, 1.165) is 6.42 Å². The number of amides is 1. The number of rotatable bonds is 2. The van der Waals surface area contributed by atoms with E-state index in [9.17, 15) is 19.5 Å². The molecule has 0 aliphatic heterocycles. The van der Waals surface area contributed by atoms with E-state index in [1.165, 1.54) is 19.2 Å². The summed E-state index contributed by atoms with van der Waals surface area (Å²) in [6.45, 7) is 5.90. The van der Waals surface area contributed by atoms with Crippen LogP contribution in [0.3, 0.4) is 0 Å². The molecular formula is C23H30FNO4. The molecule has 158 valence electrons. The van der Waals surface area contributed by atoms with Crippen molar-refractivity contribution in [3.8, 4) is 0 Å². The van der Waals surface area contributed by atoms with Gasteiger partial charge in [0.25, 0.3) is 5.91 Å². The minimum absolute atomic E-state index is 0.00738. The van der Waals surface area contributed by atoms with Crippen molar-refractivity contribution >= 4 is 17.5 Å². The number of nitrogens with one attached hydrogen (secondary N) is 1. The SMILES string of the molecule is CNC(=O)C(=O)[C@H]1C(C)C[C@H]2[C@@H]3CC(F)C4=CC(=O)C=C[C@]4(C)[C@H]3C(O)C[C@]12C. The van der Waals surface area contributed by atoms with Crippen molar-refractivity contribution in [2.75, 3.05) is 7.05 Å². The number of fused-ring (bicyclic) bond motifs is 5. The quantitative estimate of drug-likeness (QED) is 0.694. The summed E-state index contributed by atoms with van der Waals surface area (Å²) in [4.78, 5) is 36.9. The fourth-order valence-corrected chi connectivity index (χ4v) is 7.53. The molecule has 0 spiro atoms. The summed E-state index contributed by atoms with van der Waals surface area (Å²) in [5, 5.41) is 13.7. The number of aliphatic hydroxyl groups excluding tert-OH is 1. The van der Waals surface area contributed by atoms with Gasteiger partial charge < -0.3 is 10.4 Å². The third-order valence-electron chi connectivity index (χ3n) is 8.55. The van der Waals surface area contributed by atoms with Crippen LogP contribution in [-0.4, -0.2) is 41.9 Å². The van der Waals surface area contributed by atoms with E-state index < -0.39 is 40.7 Å². The van der Waals surface area contributed by atoms with Crippen LogP contribution >= 0.6 is 0 Å². The van der Waals surface area contributed by atoms with Crippen LogP contribution in [0.25, 0.3) is 0 Å². The molecule has 0 radical (unpaired) electrons. The number of carbonyl (C=O) groups is 3. The summed E-state index contributed by atoms with van der Waals surface area (Å²) < 4.78 is 15.3. The molecule has 3 saturated carbocycles. The van der Waals surface area contributed by atoms with Gasteiger partial charge in [-0.25, -0.2) is 4.39 Å². The molecule has 0 aromatic heterocycles. The lowest BCUT2D eigenvalue weighted by molar-refractivity contribution is -0.151. The second-order valence-electron chi connectivity index (χ2n) is 10.0. The lowest BCUT2D eigenvalue weighted by atomic mass is 9.46. The standard InChI is InChI=1S/C23H30FNO4/c1-11-7-14-13-9-16(24)15-8-12(26)5-6-22(15,2)19(13)17(27)10-23(14,3)18(11)20(28)21(29)25-4/h5-6,8,11,13-14,16-19,27H,7,9-10H2,1-4H3,(H,25,29)/t11?,13-,14-,16?,17?,18+,19+,22-,23-/m0/s1. The van der Waals surface area contributed by atoms with Crippen molar-refractivity contribution in [2.45, 2.75) is 52.3 Å². The molecule has 4 aliphatic carbocycles. The summed E-state index contributed by atoms with van der Waals surface area (Å²) in [5.74, 6) is -1.99. The molecule has 3 unspecified atom stereocenters. The highest BCUT2D eigenvalue weighted by Crippen LogP contribution is 2.67. The number of ketones is 2. The van der Waals surface area contributed by atoms with Crippen molar-refractivity contribution < 1.29 is 23.9 Å². The van der Waals surface area contributed by atoms with Gasteiger partial charge in [-0.05, 0) is 60.2 Å². The van der Waals surface area contributed by atoms with Crippen LogP contribution in [0.15, 0.2) is 23.8 Å². The summed E-state index contributed by atoms with van der Waals surface area (Å²) >= 11 is 0. The Morgan fingerprint density at radius 2 is 1.97 bits per heavy atom. The lowest BCUT2D eigenvalue weighted by Gasteiger charge is -2.59. The van der Waals surface area contributed by atoms with Crippen LogP contribution in [-0.2, 0) is 14.4 Å². The first-order valence-electron chi connectivity index (χ1n) is 10.6. The fourth-order valence-electron chi connectivity index (χ4n) is 7.53. The van der Waals surface area contributed by atoms with Crippen LogP contribution in [0.4, 0.5) is 4.39 Å². The highest BCUT2D eigenvalue weighted by molar-refractivity contribution is 6.37. The Labute approximate surface area is 170 Å². The Balaban J connectivity index is 1.75. The Morgan fingerprint density at radius 1 is 1.28 bits per heavy atom. The summed E-state index contributed by atoms with van der Waals surface area (Å²) in [7, 11) is 1.45. The van der Waals surface area contributed by atoms with Crippen LogP contribution in [0.2, 0.25) is 0 Å². The van der Waals surface area contributed by atoms with E-state index in [2.05, 4.69) is 5.32 Å². The van der Waals surface area contributed by atoms with E-state index in [1.54, 1.807) is 6.08 Å². The van der Waals surface area contributed by atoms with Gasteiger partial charge in [-0.1, -0.05) is 26.8 Å². The zero-order chi connectivity index (χ0) is 21.3. The summed E-state index contributed by atoms with van der Waals surface area (Å²) in [6, 6.07) is 0. The van der Waals surface area contributed by atoms with Crippen LogP contribution in [0.1, 0.15) is 40.0 Å². The molecule has 6 heteroatoms. The largest absolute Gasteiger partial charge is 0.393 e. The molecule has 3 fully saturated rings. The summed E-state index contributed by atoms with van der Waals surface area (Å²) in [6.07, 6.45) is 4.06. The topological polar surface area (TPSA) is 83.5 Å². The average molecular weight is 403 g/mol. The first-order chi connectivity index (χ1) is 13.5. The number of aliphatic hydroxyl groups is 1. The molecule has 9 atom stereocenters. The average Bonchev–Trinajstić information content (AvgIpc) is 2.91. The zero-order valence-electron chi connectivity index (χ0n) is 17.4. The van der Waals surface area contributed by atoms with Gasteiger partial charge in [0.2, 0.25) is 5.78 Å². The van der Waals surface area contributed by atoms with Gasteiger partial charge in [-0.3, -0.25) is 14.4 Å². The van der Waals surface area contributed by atoms with Crippen molar-refractivity contribution in [2.24, 2.45) is 40.4 Å². The van der Waals surface area contributed by atoms with Gasteiger partial charge in [-0.2, -0.15) is 0 Å². The second kappa shape index (κ2) is 6.59. The third kappa shape index (κ3) is 2.71. The van der Waals surface area contributed by atoms with Crippen LogP contribution in [0, 0.1) is 40.4 Å². The number of hydrogen-bond donors (Lipinski definition) is 2. The van der Waals surface area contributed by atoms with Crippen LogP contribution < -0.4 is 5.32 Å². The van der Waals surface area contributed by atoms with Gasteiger partial charge in [0.05, 0.1) is 6.10 Å². The first kappa shape index (κ1) is 20.5. The number of likely N-dealkylation sites (N-methyl/N-ethyl adjacent to an activating group) is 1. The Kier molecular flexibility index (Phi) is 4.65. The highest BCUT2D eigenvalue weighted by atomic mass is 19.1. The molecule has 0 aromatic carbocycles. The number of hydrogen-bond acceptors (Lipinski definition) is 4. The predicted molar refractivity (Wildman–Crippen MR) is 105 cm³/mol. The molecule has 1 amide bonds. The van der Waals surface area contributed by atoms with Gasteiger partial charge in [-0.15, -0.1) is 0 Å². The third-order valence-corrected chi connectivity index (χ3v) is 8.55. The maximum atomic E-state index is 15.3. The number of carbonyl (C=O) groups excluding carboxylic acids is 3. The lowest BCUT2D eigenvalue weighted by Crippen LogP contribution is -2.58. The van der Waals surface area contributed by atoms with Crippen molar-refractivity contribution in [1.29, 1.82) is 0 Å². The molecule has 4 rings (SSSR count). The Morgan fingerprint density at radius 3 is 2.62 bits per heavy atom. The van der Waals surface area contributed by atoms with Gasteiger partial charge in [0.1, 0.15) is 6.17 Å². The summed E-state index contributed by atoms with van der Waals surface area (Å²) in [5.41, 5.74) is -0.781. The molecule has 2 N–H and O–H groups in total. The number of allylic oxidation sites excluding steroid dienone is 4. The maximum absolute atomic E-state index is 15.3. The molecular weight excluding hydrogens is 373 g/mol. The van der Waals surface area contributed by atoms with Gasteiger partial charge in [0, 0.05) is 24.3 Å². The minimum Gasteiger partial charge on any atom is -0.393 e. The first-order valence-corrected chi connectivity index (χ1v) is 10.6. The molecule has 29 heavy (non-hydrogen) atoms. The molecule has 0 heterocycles. The minimum atomic E-state index is -1.24. The van der Waals surface area contributed by atoms with E-state index in [0.29, 0.717) is 12.0 Å². The number of Topliss-reactive ketones (excluding diaryl/α,β-unsaturated/α-hetero) is 1. The molecule has 4 aliphatic rings. The van der Waals surface area contributed by atoms with Crippen molar-refractivity contribution in [3.05, 3.63) is 23.8 Å². The molecule has 0 saturated heterocycles. The predicted octanol–water partition coefficient (Wildman–Crippen LogP) is 2.39. The molecule has 0 aromatic rings. The van der Waals surface area contributed by atoms with Crippen molar-refractivity contribution in [1.82, 2.24) is 5.32 Å².